The van der Waals surface area contributed by atoms with Gasteiger partial charge in [-0.25, -0.2) is 9.97 Å². The highest BCUT2D eigenvalue weighted by molar-refractivity contribution is 5.94. The molecule has 0 saturated heterocycles. The highest BCUT2D eigenvalue weighted by atomic mass is 15.1. The van der Waals surface area contributed by atoms with Crippen LogP contribution in [-0.4, -0.2) is 19.1 Å². The van der Waals surface area contributed by atoms with E-state index < -0.39 is 0 Å². The molecule has 0 N–H and O–H groups in total. The van der Waals surface area contributed by atoms with Crippen LogP contribution < -0.4 is 0 Å². The summed E-state index contributed by atoms with van der Waals surface area (Å²) in [5, 5.41) is 0. The van der Waals surface area contributed by atoms with E-state index >= 15 is 0 Å². The summed E-state index contributed by atoms with van der Waals surface area (Å²) in [4.78, 5) is 9.61. The van der Waals surface area contributed by atoms with Gasteiger partial charge in [0.05, 0.1) is 22.1 Å². The minimum absolute atomic E-state index is 0.991. The highest BCUT2D eigenvalue weighted by Gasteiger charge is 2.16. The molecule has 9 aromatic rings. The van der Waals surface area contributed by atoms with Gasteiger partial charge in [0.15, 0.2) is 0 Å². The summed E-state index contributed by atoms with van der Waals surface area (Å²) < 4.78 is 4.43. The molecule has 0 atom stereocenters. The molecule has 0 saturated carbocycles. The van der Waals surface area contributed by atoms with Gasteiger partial charge in [0.2, 0.25) is 0 Å². The molecule has 50 heavy (non-hydrogen) atoms. The van der Waals surface area contributed by atoms with E-state index in [1.54, 1.807) is 0 Å². The SMILES string of the molecule is Cc1nc2cc(-c3ccccc3)c(-c3ccccc3)cc2n1-c1ccccc1.Cc1nc2cc(-c3ccccc3)ccc2n1-c1ccccc1. The predicted molar refractivity (Wildman–Crippen MR) is 208 cm³/mol. The summed E-state index contributed by atoms with van der Waals surface area (Å²) in [7, 11) is 0. The van der Waals surface area contributed by atoms with Crippen LogP contribution in [0.5, 0.6) is 0 Å². The van der Waals surface area contributed by atoms with Crippen LogP contribution in [-0.2, 0) is 0 Å². The number of nitrogens with zero attached hydrogens (tertiary/aromatic N) is 4. The fourth-order valence-electron chi connectivity index (χ4n) is 6.77. The lowest BCUT2D eigenvalue weighted by Crippen LogP contribution is -1.96. The number of benzene rings is 7. The summed E-state index contributed by atoms with van der Waals surface area (Å²) in [6.45, 7) is 4.12. The maximum absolute atomic E-state index is 4.87. The molecular formula is C46H36N4. The Morgan fingerprint density at radius 3 is 1.24 bits per heavy atom. The average Bonchev–Trinajstić information content (AvgIpc) is 3.70. The maximum Gasteiger partial charge on any atom is 0.111 e. The molecule has 2 heterocycles. The van der Waals surface area contributed by atoms with Gasteiger partial charge in [-0.05, 0) is 95.8 Å². The van der Waals surface area contributed by atoms with Crippen LogP contribution in [0.1, 0.15) is 11.6 Å². The van der Waals surface area contributed by atoms with Crippen LogP contribution >= 0.6 is 0 Å². The molecular weight excluding hydrogens is 609 g/mol. The predicted octanol–water partition coefficient (Wildman–Crippen LogP) is 11.7. The Bertz CT molecular complexity index is 2520. The first-order chi connectivity index (χ1) is 24.6. The zero-order chi connectivity index (χ0) is 33.9. The summed E-state index contributed by atoms with van der Waals surface area (Å²) in [6, 6.07) is 63.3. The Morgan fingerprint density at radius 1 is 0.340 bits per heavy atom. The second kappa shape index (κ2) is 13.5. The van der Waals surface area contributed by atoms with Crippen LogP contribution in [0.15, 0.2) is 182 Å². The zero-order valence-electron chi connectivity index (χ0n) is 28.1. The number of rotatable bonds is 5. The minimum atomic E-state index is 0.991. The van der Waals surface area contributed by atoms with E-state index in [4.69, 9.17) is 9.97 Å². The summed E-state index contributed by atoms with van der Waals surface area (Å²) in [5.74, 6) is 2.00. The van der Waals surface area contributed by atoms with E-state index in [1.165, 1.54) is 33.4 Å². The molecule has 0 spiro atoms. The fraction of sp³-hybridized carbons (Fsp3) is 0.0435. The van der Waals surface area contributed by atoms with Gasteiger partial charge in [0.25, 0.3) is 0 Å². The molecule has 2 aromatic heterocycles. The Balaban J connectivity index is 0.000000149. The third-order valence-electron chi connectivity index (χ3n) is 9.09. The summed E-state index contributed by atoms with van der Waals surface area (Å²) in [5.41, 5.74) is 13.9. The molecule has 0 aliphatic carbocycles. The van der Waals surface area contributed by atoms with Crippen molar-refractivity contribution in [3.63, 3.8) is 0 Å². The third-order valence-corrected chi connectivity index (χ3v) is 9.09. The number of hydrogen-bond acceptors (Lipinski definition) is 2. The van der Waals surface area contributed by atoms with Crippen molar-refractivity contribution in [1.29, 1.82) is 0 Å². The largest absolute Gasteiger partial charge is 0.297 e. The molecule has 4 nitrogen and oxygen atoms in total. The standard InChI is InChI=1S/C26H20N2.C20H16N2/c1-19-27-25-17-23(20-11-5-2-6-12-20)24(21-13-7-3-8-14-21)18-26(25)28(19)22-15-9-4-10-16-22;1-15-21-19-14-17(16-8-4-2-5-9-16)12-13-20(19)22(15)18-10-6-3-7-11-18/h2-18H,1H3;2-14H,1H3. The maximum atomic E-state index is 4.87. The Labute approximate surface area is 292 Å². The molecule has 0 amide bonds. The highest BCUT2D eigenvalue weighted by Crippen LogP contribution is 2.36. The first-order valence-electron chi connectivity index (χ1n) is 16.9. The van der Waals surface area contributed by atoms with Crippen LogP contribution in [0.2, 0.25) is 0 Å². The second-order valence-electron chi connectivity index (χ2n) is 12.3. The normalized spacial score (nSPS) is 11.0. The first kappa shape index (κ1) is 30.8. The van der Waals surface area contributed by atoms with Gasteiger partial charge in [-0.3, -0.25) is 9.13 Å². The number of aromatic nitrogens is 4. The van der Waals surface area contributed by atoms with Crippen molar-refractivity contribution in [1.82, 2.24) is 19.1 Å². The lowest BCUT2D eigenvalue weighted by Gasteiger charge is -2.13. The van der Waals surface area contributed by atoms with Gasteiger partial charge >= 0.3 is 0 Å². The number of fused-ring (bicyclic) bond motifs is 2. The van der Waals surface area contributed by atoms with Crippen molar-refractivity contribution in [2.45, 2.75) is 13.8 Å². The monoisotopic (exact) mass is 644 g/mol. The third kappa shape index (κ3) is 5.99. The van der Waals surface area contributed by atoms with E-state index in [0.29, 0.717) is 0 Å². The Kier molecular flexibility index (Phi) is 8.34. The Morgan fingerprint density at radius 2 is 0.740 bits per heavy atom. The fourth-order valence-corrected chi connectivity index (χ4v) is 6.77. The van der Waals surface area contributed by atoms with Crippen molar-refractivity contribution >= 4 is 22.1 Å². The molecule has 240 valence electrons. The van der Waals surface area contributed by atoms with Gasteiger partial charge in [0, 0.05) is 11.4 Å². The van der Waals surface area contributed by atoms with E-state index in [0.717, 1.165) is 45.1 Å². The molecule has 0 fully saturated rings. The van der Waals surface area contributed by atoms with Crippen molar-refractivity contribution in [2.75, 3.05) is 0 Å². The van der Waals surface area contributed by atoms with Crippen molar-refractivity contribution in [3.05, 3.63) is 194 Å². The van der Waals surface area contributed by atoms with Crippen molar-refractivity contribution in [2.24, 2.45) is 0 Å². The topological polar surface area (TPSA) is 35.6 Å². The smallest absolute Gasteiger partial charge is 0.111 e. The van der Waals surface area contributed by atoms with Gasteiger partial charge < -0.3 is 0 Å². The Hall–Kier alpha value is -6.52. The molecule has 0 aliphatic rings. The summed E-state index contributed by atoms with van der Waals surface area (Å²) in [6.07, 6.45) is 0. The average molecular weight is 645 g/mol. The van der Waals surface area contributed by atoms with Crippen molar-refractivity contribution < 1.29 is 0 Å². The van der Waals surface area contributed by atoms with E-state index in [-0.39, 0.29) is 0 Å². The first-order valence-corrected chi connectivity index (χ1v) is 16.9. The molecule has 0 aliphatic heterocycles. The van der Waals surface area contributed by atoms with Crippen LogP contribution in [0.3, 0.4) is 0 Å². The zero-order valence-corrected chi connectivity index (χ0v) is 28.1. The van der Waals surface area contributed by atoms with Gasteiger partial charge in [-0.1, -0.05) is 133 Å². The molecule has 4 heteroatoms. The van der Waals surface area contributed by atoms with Crippen LogP contribution in [0.4, 0.5) is 0 Å². The number of para-hydroxylation sites is 2. The van der Waals surface area contributed by atoms with Gasteiger partial charge in [0.1, 0.15) is 11.6 Å². The van der Waals surface area contributed by atoms with Crippen LogP contribution in [0.25, 0.3) is 66.8 Å². The van der Waals surface area contributed by atoms with E-state index in [9.17, 15) is 0 Å². The van der Waals surface area contributed by atoms with Gasteiger partial charge in [-0.15, -0.1) is 0 Å². The number of aryl methyl sites for hydroxylation is 2. The molecule has 0 unspecified atom stereocenters. The van der Waals surface area contributed by atoms with Crippen molar-refractivity contribution in [3.8, 4) is 44.8 Å². The lowest BCUT2D eigenvalue weighted by molar-refractivity contribution is 1.00. The molecule has 7 aromatic carbocycles. The minimum Gasteiger partial charge on any atom is -0.297 e. The number of hydrogen-bond donors (Lipinski definition) is 0. The molecule has 0 radical (unpaired) electrons. The second-order valence-corrected chi connectivity index (χ2v) is 12.3. The molecule has 9 rings (SSSR count). The van der Waals surface area contributed by atoms with E-state index in [1.807, 2.05) is 18.2 Å². The lowest BCUT2D eigenvalue weighted by atomic mass is 9.94. The summed E-state index contributed by atoms with van der Waals surface area (Å²) >= 11 is 0. The quantitative estimate of drug-likeness (QED) is 0.187. The molecule has 0 bridgehead atoms. The van der Waals surface area contributed by atoms with E-state index in [2.05, 4.69) is 187 Å². The van der Waals surface area contributed by atoms with Crippen LogP contribution in [0, 0.1) is 13.8 Å². The number of imidazole rings is 2. The van der Waals surface area contributed by atoms with Gasteiger partial charge in [-0.2, -0.15) is 0 Å².